The lowest BCUT2D eigenvalue weighted by Crippen LogP contribution is -2.48. The molecule has 1 N–H and O–H groups in total. The SMILES string of the molecule is CCn1c(CC2(O)CCN3CCC2C3)nc2ccccc21. The van der Waals surface area contributed by atoms with Gasteiger partial charge in [0.2, 0.25) is 0 Å². The van der Waals surface area contributed by atoms with Crippen molar-refractivity contribution in [2.45, 2.75) is 38.3 Å². The lowest BCUT2D eigenvalue weighted by atomic mass is 9.79. The van der Waals surface area contributed by atoms with Crippen LogP contribution in [0.4, 0.5) is 0 Å². The predicted octanol–water partition coefficient (Wildman–Crippen LogP) is 2.06. The third-order valence-corrected chi connectivity index (χ3v) is 5.41. The Labute approximate surface area is 125 Å². The molecule has 4 heteroatoms. The van der Waals surface area contributed by atoms with Crippen LogP contribution >= 0.6 is 0 Å². The highest BCUT2D eigenvalue weighted by Gasteiger charge is 2.45. The van der Waals surface area contributed by atoms with Gasteiger partial charge in [-0.2, -0.15) is 0 Å². The summed E-state index contributed by atoms with van der Waals surface area (Å²) in [5.74, 6) is 1.46. The number of para-hydroxylation sites is 2. The van der Waals surface area contributed by atoms with Crippen LogP contribution in [0.2, 0.25) is 0 Å². The molecule has 3 atom stereocenters. The third kappa shape index (κ3) is 2.09. The van der Waals surface area contributed by atoms with Crippen LogP contribution in [-0.2, 0) is 13.0 Å². The normalized spacial score (nSPS) is 31.9. The summed E-state index contributed by atoms with van der Waals surface area (Å²) in [6, 6.07) is 8.28. The number of benzene rings is 1. The molecule has 1 aromatic carbocycles. The Balaban J connectivity index is 1.70. The zero-order valence-corrected chi connectivity index (χ0v) is 12.6. The molecule has 2 aliphatic heterocycles. The highest BCUT2D eigenvalue weighted by atomic mass is 16.3. The van der Waals surface area contributed by atoms with E-state index < -0.39 is 5.60 Å². The van der Waals surface area contributed by atoms with Gasteiger partial charge in [-0.25, -0.2) is 4.98 Å². The molecule has 2 bridgehead atoms. The first-order chi connectivity index (χ1) is 10.2. The topological polar surface area (TPSA) is 41.3 Å². The van der Waals surface area contributed by atoms with Crippen molar-refractivity contribution in [2.24, 2.45) is 5.92 Å². The van der Waals surface area contributed by atoms with Crippen LogP contribution in [0.3, 0.4) is 0 Å². The molecular weight excluding hydrogens is 262 g/mol. The Kier molecular flexibility index (Phi) is 3.05. The van der Waals surface area contributed by atoms with Crippen molar-refractivity contribution in [1.82, 2.24) is 14.5 Å². The number of hydrogen-bond donors (Lipinski definition) is 1. The number of piperidine rings is 1. The average Bonchev–Trinajstić information content (AvgIpc) is 3.05. The molecule has 0 radical (unpaired) electrons. The van der Waals surface area contributed by atoms with E-state index in [1.165, 1.54) is 5.52 Å². The van der Waals surface area contributed by atoms with Crippen LogP contribution in [0.25, 0.3) is 11.0 Å². The summed E-state index contributed by atoms with van der Waals surface area (Å²) in [6.07, 6.45) is 2.70. The second-order valence-corrected chi connectivity index (χ2v) is 6.58. The van der Waals surface area contributed by atoms with Crippen LogP contribution in [0.5, 0.6) is 0 Å². The molecule has 0 saturated carbocycles. The van der Waals surface area contributed by atoms with Crippen molar-refractivity contribution in [3.63, 3.8) is 0 Å². The highest BCUT2D eigenvalue weighted by Crippen LogP contribution is 2.38. The fourth-order valence-corrected chi connectivity index (χ4v) is 4.15. The van der Waals surface area contributed by atoms with Gasteiger partial charge in [-0.1, -0.05) is 12.1 Å². The van der Waals surface area contributed by atoms with E-state index in [2.05, 4.69) is 34.6 Å². The van der Waals surface area contributed by atoms with Gasteiger partial charge in [-0.3, -0.25) is 0 Å². The summed E-state index contributed by atoms with van der Waals surface area (Å²) < 4.78 is 2.26. The summed E-state index contributed by atoms with van der Waals surface area (Å²) in [6.45, 7) is 6.29. The lowest BCUT2D eigenvalue weighted by Gasteiger charge is -2.38. The molecule has 2 fully saturated rings. The Bertz CT molecular complexity index is 665. The van der Waals surface area contributed by atoms with Crippen molar-refractivity contribution >= 4 is 11.0 Å². The lowest BCUT2D eigenvalue weighted by molar-refractivity contribution is -0.0457. The van der Waals surface area contributed by atoms with E-state index in [0.29, 0.717) is 12.3 Å². The number of aryl methyl sites for hydroxylation is 1. The Morgan fingerprint density at radius 3 is 3.05 bits per heavy atom. The van der Waals surface area contributed by atoms with Crippen LogP contribution in [0.15, 0.2) is 24.3 Å². The maximum absolute atomic E-state index is 11.2. The van der Waals surface area contributed by atoms with Crippen LogP contribution in [0, 0.1) is 5.92 Å². The van der Waals surface area contributed by atoms with Gasteiger partial charge >= 0.3 is 0 Å². The summed E-state index contributed by atoms with van der Waals surface area (Å²) in [7, 11) is 0. The summed E-state index contributed by atoms with van der Waals surface area (Å²) in [5, 5.41) is 11.2. The minimum Gasteiger partial charge on any atom is -0.389 e. The first-order valence-corrected chi connectivity index (χ1v) is 8.08. The quantitative estimate of drug-likeness (QED) is 0.938. The van der Waals surface area contributed by atoms with E-state index in [4.69, 9.17) is 4.98 Å². The van der Waals surface area contributed by atoms with Crippen LogP contribution in [0.1, 0.15) is 25.6 Å². The molecule has 112 valence electrons. The largest absolute Gasteiger partial charge is 0.389 e. The van der Waals surface area contributed by atoms with Gasteiger partial charge in [-0.05, 0) is 38.4 Å². The second-order valence-electron chi connectivity index (χ2n) is 6.58. The number of nitrogens with zero attached hydrogens (tertiary/aromatic N) is 3. The van der Waals surface area contributed by atoms with Gasteiger partial charge in [0.1, 0.15) is 5.82 Å². The summed E-state index contributed by atoms with van der Waals surface area (Å²) in [5.41, 5.74) is 1.66. The molecule has 2 aliphatic rings. The van der Waals surface area contributed by atoms with Gasteiger partial charge in [0.25, 0.3) is 0 Å². The van der Waals surface area contributed by atoms with Crippen molar-refractivity contribution in [3.05, 3.63) is 30.1 Å². The molecule has 3 heterocycles. The summed E-state index contributed by atoms with van der Waals surface area (Å²) in [4.78, 5) is 7.27. The molecule has 2 saturated heterocycles. The Hall–Kier alpha value is -1.39. The molecule has 0 amide bonds. The fourth-order valence-electron chi connectivity index (χ4n) is 4.15. The first kappa shape index (κ1) is 13.3. The van der Waals surface area contributed by atoms with Crippen LogP contribution in [-0.4, -0.2) is 44.8 Å². The average molecular weight is 285 g/mol. The standard InChI is InChI=1S/C17H23N3O/c1-2-20-15-6-4-3-5-14(15)18-16(20)11-17(21)8-10-19-9-7-13(17)12-19/h3-6,13,21H,2,7-12H2,1H3. The molecule has 3 unspecified atom stereocenters. The molecule has 0 spiro atoms. The van der Waals surface area contributed by atoms with Gasteiger partial charge in [0, 0.05) is 32.0 Å². The number of aromatic nitrogens is 2. The van der Waals surface area contributed by atoms with Crippen LogP contribution < -0.4 is 0 Å². The van der Waals surface area contributed by atoms with Gasteiger partial charge in [0.15, 0.2) is 0 Å². The highest BCUT2D eigenvalue weighted by molar-refractivity contribution is 5.75. The van der Waals surface area contributed by atoms with Gasteiger partial charge in [-0.15, -0.1) is 0 Å². The number of rotatable bonds is 3. The predicted molar refractivity (Wildman–Crippen MR) is 83.2 cm³/mol. The summed E-state index contributed by atoms with van der Waals surface area (Å²) >= 11 is 0. The van der Waals surface area contributed by atoms with Crippen molar-refractivity contribution in [1.29, 1.82) is 0 Å². The smallest absolute Gasteiger partial charge is 0.112 e. The third-order valence-electron chi connectivity index (χ3n) is 5.41. The molecule has 21 heavy (non-hydrogen) atoms. The van der Waals surface area contributed by atoms with E-state index >= 15 is 0 Å². The zero-order valence-electron chi connectivity index (χ0n) is 12.6. The minimum atomic E-state index is -0.568. The molecule has 4 nitrogen and oxygen atoms in total. The van der Waals surface area contributed by atoms with E-state index in [0.717, 1.165) is 50.4 Å². The molecule has 1 aromatic heterocycles. The van der Waals surface area contributed by atoms with E-state index in [1.54, 1.807) is 0 Å². The van der Waals surface area contributed by atoms with Gasteiger partial charge < -0.3 is 14.6 Å². The van der Waals surface area contributed by atoms with Gasteiger partial charge in [0.05, 0.1) is 16.6 Å². The fraction of sp³-hybridized carbons (Fsp3) is 0.588. The number of hydrogen-bond acceptors (Lipinski definition) is 3. The number of aliphatic hydroxyl groups is 1. The number of fused-ring (bicyclic) bond motifs is 3. The Morgan fingerprint density at radius 1 is 1.33 bits per heavy atom. The van der Waals surface area contributed by atoms with E-state index in [-0.39, 0.29) is 0 Å². The van der Waals surface area contributed by atoms with E-state index in [1.807, 2.05) is 6.07 Å². The monoisotopic (exact) mass is 285 g/mol. The maximum Gasteiger partial charge on any atom is 0.112 e. The molecule has 0 aliphatic carbocycles. The molecular formula is C17H23N3O. The Morgan fingerprint density at radius 2 is 2.19 bits per heavy atom. The van der Waals surface area contributed by atoms with Crippen molar-refractivity contribution in [2.75, 3.05) is 19.6 Å². The zero-order chi connectivity index (χ0) is 14.4. The molecule has 2 aromatic rings. The van der Waals surface area contributed by atoms with E-state index in [9.17, 15) is 5.11 Å². The maximum atomic E-state index is 11.2. The molecule has 4 rings (SSSR count). The first-order valence-electron chi connectivity index (χ1n) is 8.08. The second kappa shape index (κ2) is 4.82. The number of imidazole rings is 1. The van der Waals surface area contributed by atoms with Crippen molar-refractivity contribution in [3.8, 4) is 0 Å². The minimum absolute atomic E-state index is 0.413. The van der Waals surface area contributed by atoms with Crippen molar-refractivity contribution < 1.29 is 5.11 Å².